The number of benzene rings is 1. The van der Waals surface area contributed by atoms with Gasteiger partial charge >= 0.3 is 0 Å². The van der Waals surface area contributed by atoms with Crippen molar-refractivity contribution in [2.75, 3.05) is 13.1 Å². The number of piperidine rings is 1. The molecule has 25 heavy (non-hydrogen) atoms. The number of nitriles is 1. The Hall–Kier alpha value is -1.86. The highest BCUT2D eigenvalue weighted by Gasteiger charge is 2.36. The molecule has 0 radical (unpaired) electrons. The predicted molar refractivity (Wildman–Crippen MR) is 99.1 cm³/mol. The smallest absolute Gasteiger partial charge is 0.222 e. The quantitative estimate of drug-likeness (QED) is 0.845. The minimum atomic E-state index is 0.272. The van der Waals surface area contributed by atoms with Gasteiger partial charge in [-0.2, -0.15) is 5.26 Å². The van der Waals surface area contributed by atoms with Crippen molar-refractivity contribution in [2.45, 2.75) is 70.5 Å². The molecule has 0 N–H and O–H groups in total. The zero-order chi connectivity index (χ0) is 17.8. The highest BCUT2D eigenvalue weighted by molar-refractivity contribution is 5.76. The van der Waals surface area contributed by atoms with E-state index in [1.807, 2.05) is 24.3 Å². The molecule has 0 bridgehead atoms. The van der Waals surface area contributed by atoms with Gasteiger partial charge in [-0.25, -0.2) is 0 Å². The summed E-state index contributed by atoms with van der Waals surface area (Å²) < 4.78 is 0. The van der Waals surface area contributed by atoms with E-state index < -0.39 is 0 Å². The van der Waals surface area contributed by atoms with Crippen molar-refractivity contribution in [3.05, 3.63) is 35.4 Å². The van der Waals surface area contributed by atoms with E-state index >= 15 is 0 Å². The van der Waals surface area contributed by atoms with Crippen molar-refractivity contribution < 1.29 is 4.79 Å². The molecule has 0 unspecified atom stereocenters. The number of rotatable bonds is 4. The number of amides is 1. The molecule has 0 spiro atoms. The lowest BCUT2D eigenvalue weighted by Crippen LogP contribution is -2.52. The molecule has 2 saturated heterocycles. The molecular weight excluding hydrogens is 310 g/mol. The Morgan fingerprint density at radius 2 is 1.84 bits per heavy atom. The standard InChI is InChI=1S/C21H29N3O/c1-16-5-6-17(2)24(16)20-4-3-13-23(15-20)21(25)12-11-18-7-9-19(14-22)10-8-18/h7-10,16-17,20H,3-6,11-13,15H2,1-2H3/t16-,17+,20-/m0/s1. The maximum atomic E-state index is 12.7. The van der Waals surface area contributed by atoms with Crippen LogP contribution in [-0.4, -0.2) is 46.9 Å². The molecule has 2 aliphatic rings. The van der Waals surface area contributed by atoms with Crippen LogP contribution in [0.5, 0.6) is 0 Å². The third-order valence-corrected chi connectivity index (χ3v) is 5.90. The lowest BCUT2D eigenvalue weighted by molar-refractivity contribution is -0.133. The summed E-state index contributed by atoms with van der Waals surface area (Å²) in [5.74, 6) is 0.272. The fraction of sp³-hybridized carbons (Fsp3) is 0.619. The molecule has 1 aromatic carbocycles. The van der Waals surface area contributed by atoms with Crippen molar-refractivity contribution in [1.82, 2.24) is 9.80 Å². The summed E-state index contributed by atoms with van der Waals surface area (Å²) in [7, 11) is 0. The molecule has 4 nitrogen and oxygen atoms in total. The Labute approximate surface area is 151 Å². The Morgan fingerprint density at radius 1 is 1.16 bits per heavy atom. The van der Waals surface area contributed by atoms with Crippen molar-refractivity contribution in [3.63, 3.8) is 0 Å². The Bertz CT molecular complexity index is 624. The summed E-state index contributed by atoms with van der Waals surface area (Å²) in [6.45, 7) is 6.45. The zero-order valence-corrected chi connectivity index (χ0v) is 15.4. The number of hydrogen-bond donors (Lipinski definition) is 0. The molecule has 0 aliphatic carbocycles. The number of hydrogen-bond acceptors (Lipinski definition) is 3. The van der Waals surface area contributed by atoms with Crippen LogP contribution in [0.1, 0.15) is 57.1 Å². The van der Waals surface area contributed by atoms with Crippen LogP contribution in [0.25, 0.3) is 0 Å². The second-order valence-corrected chi connectivity index (χ2v) is 7.67. The Morgan fingerprint density at radius 3 is 2.48 bits per heavy atom. The first-order chi connectivity index (χ1) is 12.1. The molecule has 134 valence electrons. The van der Waals surface area contributed by atoms with Crippen molar-refractivity contribution in [1.29, 1.82) is 5.26 Å². The maximum absolute atomic E-state index is 12.7. The van der Waals surface area contributed by atoms with Crippen LogP contribution < -0.4 is 0 Å². The monoisotopic (exact) mass is 339 g/mol. The van der Waals surface area contributed by atoms with E-state index in [4.69, 9.17) is 5.26 Å². The maximum Gasteiger partial charge on any atom is 0.222 e. The molecule has 2 aliphatic heterocycles. The largest absolute Gasteiger partial charge is 0.341 e. The number of carbonyl (C=O) groups excluding carboxylic acids is 1. The third-order valence-electron chi connectivity index (χ3n) is 5.90. The molecule has 1 aromatic rings. The van der Waals surface area contributed by atoms with Crippen molar-refractivity contribution in [3.8, 4) is 6.07 Å². The number of carbonyl (C=O) groups is 1. The van der Waals surface area contributed by atoms with Gasteiger partial charge in [0.25, 0.3) is 0 Å². The van der Waals surface area contributed by atoms with Gasteiger partial charge in [-0.15, -0.1) is 0 Å². The second kappa shape index (κ2) is 8.01. The minimum absolute atomic E-state index is 0.272. The normalized spacial score (nSPS) is 27.2. The predicted octanol–water partition coefficient (Wildman–Crippen LogP) is 3.35. The molecular formula is C21H29N3O. The fourth-order valence-corrected chi connectivity index (χ4v) is 4.51. The molecule has 0 saturated carbocycles. The van der Waals surface area contributed by atoms with Crippen molar-refractivity contribution >= 4 is 5.91 Å². The zero-order valence-electron chi connectivity index (χ0n) is 15.4. The van der Waals surface area contributed by atoms with E-state index in [2.05, 4.69) is 29.7 Å². The van der Waals surface area contributed by atoms with Gasteiger partial charge in [0.05, 0.1) is 11.6 Å². The summed E-state index contributed by atoms with van der Waals surface area (Å²) >= 11 is 0. The summed E-state index contributed by atoms with van der Waals surface area (Å²) in [4.78, 5) is 17.4. The van der Waals surface area contributed by atoms with E-state index in [9.17, 15) is 4.79 Å². The lowest BCUT2D eigenvalue weighted by Gasteiger charge is -2.41. The van der Waals surface area contributed by atoms with Gasteiger partial charge in [0.2, 0.25) is 5.91 Å². The lowest BCUT2D eigenvalue weighted by atomic mass is 10.0. The van der Waals surface area contributed by atoms with E-state index in [-0.39, 0.29) is 5.91 Å². The molecule has 1 amide bonds. The first-order valence-electron chi connectivity index (χ1n) is 9.62. The fourth-order valence-electron chi connectivity index (χ4n) is 4.51. The molecule has 2 heterocycles. The highest BCUT2D eigenvalue weighted by atomic mass is 16.2. The number of nitrogens with zero attached hydrogens (tertiary/aromatic N) is 3. The molecule has 3 rings (SSSR count). The van der Waals surface area contributed by atoms with Crippen LogP contribution in [0.4, 0.5) is 0 Å². The molecule has 4 heteroatoms. The topological polar surface area (TPSA) is 47.3 Å². The highest BCUT2D eigenvalue weighted by Crippen LogP contribution is 2.30. The van der Waals surface area contributed by atoms with Gasteiger partial charge in [-0.1, -0.05) is 12.1 Å². The molecule has 3 atom stereocenters. The van der Waals surface area contributed by atoms with E-state index in [0.29, 0.717) is 30.1 Å². The summed E-state index contributed by atoms with van der Waals surface area (Å²) in [5.41, 5.74) is 1.80. The van der Waals surface area contributed by atoms with Gasteiger partial charge in [0.15, 0.2) is 0 Å². The second-order valence-electron chi connectivity index (χ2n) is 7.67. The van der Waals surface area contributed by atoms with Gasteiger partial charge in [-0.3, -0.25) is 9.69 Å². The molecule has 2 fully saturated rings. The van der Waals surface area contributed by atoms with E-state index in [0.717, 1.165) is 31.5 Å². The van der Waals surface area contributed by atoms with Crippen LogP contribution >= 0.6 is 0 Å². The van der Waals surface area contributed by atoms with Gasteiger partial charge in [0, 0.05) is 37.6 Å². The number of likely N-dealkylation sites (tertiary alicyclic amines) is 2. The minimum Gasteiger partial charge on any atom is -0.341 e. The van der Waals surface area contributed by atoms with Crippen LogP contribution in [-0.2, 0) is 11.2 Å². The van der Waals surface area contributed by atoms with Gasteiger partial charge in [0.1, 0.15) is 0 Å². The van der Waals surface area contributed by atoms with Gasteiger partial charge < -0.3 is 4.90 Å². The number of aryl methyl sites for hydroxylation is 1. The summed E-state index contributed by atoms with van der Waals surface area (Å²) in [6, 6.07) is 11.5. The van der Waals surface area contributed by atoms with E-state index in [1.165, 1.54) is 19.3 Å². The molecule has 0 aromatic heterocycles. The van der Waals surface area contributed by atoms with Crippen LogP contribution in [0.3, 0.4) is 0 Å². The van der Waals surface area contributed by atoms with E-state index in [1.54, 1.807) is 0 Å². The third kappa shape index (κ3) is 4.22. The summed E-state index contributed by atoms with van der Waals surface area (Å²) in [5, 5.41) is 8.85. The average Bonchev–Trinajstić information content (AvgIpc) is 2.98. The van der Waals surface area contributed by atoms with Crippen LogP contribution in [0.2, 0.25) is 0 Å². The SMILES string of the molecule is C[C@@H]1CC[C@H](C)N1[C@H]1CCCN(C(=O)CCc2ccc(C#N)cc2)C1. The Kier molecular flexibility index (Phi) is 5.75. The van der Waals surface area contributed by atoms with Crippen LogP contribution in [0, 0.1) is 11.3 Å². The van der Waals surface area contributed by atoms with Crippen LogP contribution in [0.15, 0.2) is 24.3 Å². The summed E-state index contributed by atoms with van der Waals surface area (Å²) in [6.07, 6.45) is 6.21. The van der Waals surface area contributed by atoms with Crippen molar-refractivity contribution in [2.24, 2.45) is 0 Å². The first-order valence-corrected chi connectivity index (χ1v) is 9.62. The first kappa shape index (κ1) is 17.9. The Balaban J connectivity index is 1.54. The average molecular weight is 339 g/mol. The van der Waals surface area contributed by atoms with Gasteiger partial charge in [-0.05, 0) is 63.6 Å².